The molecule has 1 saturated heterocycles. The first-order valence-electron chi connectivity index (χ1n) is 2.80. The topological polar surface area (TPSA) is 72.2 Å². The largest absolute Gasteiger partial charge is 0.271 e. The Kier molecular flexibility index (Phi) is 3.58. The van der Waals surface area contributed by atoms with E-state index in [1.54, 1.807) is 0 Å². The van der Waals surface area contributed by atoms with Crippen LogP contribution in [0.25, 0.3) is 0 Å². The predicted octanol–water partition coefficient (Wildman–Crippen LogP) is -0.941. The third-order valence-corrected chi connectivity index (χ3v) is 3.24. The fraction of sp³-hybridized carbons (Fsp3) is 1.00. The molecule has 1 aliphatic rings. The van der Waals surface area contributed by atoms with Crippen LogP contribution in [0, 0.1) is 0 Å². The van der Waals surface area contributed by atoms with Gasteiger partial charge in [0.05, 0.1) is 11.5 Å². The Hall–Kier alpha value is 0.160. The molecule has 0 radical (unpaired) electrons. The Labute approximate surface area is 66.5 Å². The second-order valence-electron chi connectivity index (χ2n) is 2.27. The minimum atomic E-state index is -2.75. The van der Waals surface area contributed by atoms with Gasteiger partial charge >= 0.3 is 0 Å². The number of rotatable bonds is 1. The molecule has 6 heteroatoms. The molecule has 0 aromatic rings. The van der Waals surface area contributed by atoms with Crippen LogP contribution in [-0.4, -0.2) is 26.0 Å². The Morgan fingerprint density at radius 2 is 2.10 bits per heavy atom. The maximum atomic E-state index is 10.7. The van der Waals surface area contributed by atoms with Crippen molar-refractivity contribution in [3.63, 3.8) is 0 Å². The molecule has 1 aliphatic heterocycles. The van der Waals surface area contributed by atoms with Crippen LogP contribution in [0.2, 0.25) is 0 Å². The van der Waals surface area contributed by atoms with Crippen LogP contribution >= 0.6 is 12.4 Å². The summed E-state index contributed by atoms with van der Waals surface area (Å²) in [5, 5.41) is 0. The molecule has 0 bridgehead atoms. The minimum Gasteiger partial charge on any atom is -0.271 e. The highest BCUT2D eigenvalue weighted by atomic mass is 35.5. The molecule has 0 aliphatic carbocycles. The van der Waals surface area contributed by atoms with Gasteiger partial charge in [0, 0.05) is 6.04 Å². The lowest BCUT2D eigenvalue weighted by Crippen LogP contribution is -2.35. The molecule has 4 nitrogen and oxygen atoms in total. The number of nitrogens with one attached hydrogen (secondary N) is 1. The Balaban J connectivity index is 0.000000810. The van der Waals surface area contributed by atoms with E-state index in [0.717, 1.165) is 0 Å². The molecule has 0 saturated carbocycles. The summed E-state index contributed by atoms with van der Waals surface area (Å²) in [6, 6.07) is -0.0185. The van der Waals surface area contributed by atoms with Crippen molar-refractivity contribution < 1.29 is 8.42 Å². The molecule has 1 atom stereocenters. The van der Waals surface area contributed by atoms with E-state index in [1.165, 1.54) is 0 Å². The average Bonchev–Trinajstić information content (AvgIpc) is 2.10. The number of hydrogen-bond donors (Lipinski definition) is 2. The lowest BCUT2D eigenvalue weighted by Gasteiger charge is -2.01. The summed E-state index contributed by atoms with van der Waals surface area (Å²) in [6.45, 7) is 0. The zero-order valence-electron chi connectivity index (χ0n) is 5.41. The quantitative estimate of drug-likeness (QED) is 0.410. The van der Waals surface area contributed by atoms with E-state index in [1.807, 2.05) is 0 Å². The predicted molar refractivity (Wildman–Crippen MR) is 41.6 cm³/mol. The molecule has 1 rings (SSSR count). The zero-order valence-corrected chi connectivity index (χ0v) is 7.04. The first-order valence-corrected chi connectivity index (χ1v) is 4.63. The lowest BCUT2D eigenvalue weighted by atomic mass is 10.3. The van der Waals surface area contributed by atoms with Gasteiger partial charge in [0.25, 0.3) is 0 Å². The number of hydrazine groups is 1. The molecule has 1 unspecified atom stereocenters. The molecule has 0 amide bonds. The lowest BCUT2D eigenvalue weighted by molar-refractivity contribution is 0.575. The third kappa shape index (κ3) is 2.42. The van der Waals surface area contributed by atoms with Gasteiger partial charge in [-0.15, -0.1) is 12.4 Å². The average molecular weight is 187 g/mol. The maximum absolute atomic E-state index is 10.7. The van der Waals surface area contributed by atoms with Crippen molar-refractivity contribution in [1.82, 2.24) is 5.43 Å². The highest BCUT2D eigenvalue weighted by molar-refractivity contribution is 7.91. The molecule has 3 N–H and O–H groups in total. The van der Waals surface area contributed by atoms with Crippen LogP contribution in [-0.2, 0) is 9.84 Å². The van der Waals surface area contributed by atoms with E-state index in [2.05, 4.69) is 5.43 Å². The molecular formula is C4H11ClN2O2S. The summed E-state index contributed by atoms with van der Waals surface area (Å²) < 4.78 is 21.4. The van der Waals surface area contributed by atoms with E-state index in [4.69, 9.17) is 5.84 Å². The molecule has 1 heterocycles. The second-order valence-corrected chi connectivity index (χ2v) is 4.50. The van der Waals surface area contributed by atoms with Crippen LogP contribution < -0.4 is 11.3 Å². The standard InChI is InChI=1S/C4H10N2O2S.ClH/c5-6-4-1-2-9(7,8)3-4;/h4,6H,1-3,5H2;1H. The van der Waals surface area contributed by atoms with Crippen LogP contribution in [0.1, 0.15) is 6.42 Å². The van der Waals surface area contributed by atoms with Gasteiger partial charge in [-0.2, -0.15) is 0 Å². The van der Waals surface area contributed by atoms with Gasteiger partial charge < -0.3 is 0 Å². The third-order valence-electron chi connectivity index (χ3n) is 1.47. The smallest absolute Gasteiger partial charge is 0.151 e. The van der Waals surface area contributed by atoms with E-state index < -0.39 is 9.84 Å². The van der Waals surface area contributed by atoms with E-state index in [-0.39, 0.29) is 30.0 Å². The summed E-state index contributed by atoms with van der Waals surface area (Å²) in [6.07, 6.45) is 0.652. The number of nitrogens with two attached hydrogens (primary N) is 1. The molecule has 62 valence electrons. The fourth-order valence-electron chi connectivity index (χ4n) is 0.926. The fourth-order valence-corrected chi connectivity index (χ4v) is 2.61. The van der Waals surface area contributed by atoms with Crippen LogP contribution in [0.15, 0.2) is 0 Å². The van der Waals surface area contributed by atoms with Crippen LogP contribution in [0.3, 0.4) is 0 Å². The highest BCUT2D eigenvalue weighted by Crippen LogP contribution is 2.09. The van der Waals surface area contributed by atoms with Crippen molar-refractivity contribution in [2.45, 2.75) is 12.5 Å². The number of halogens is 1. The Bertz CT molecular complexity index is 191. The van der Waals surface area contributed by atoms with E-state index >= 15 is 0 Å². The van der Waals surface area contributed by atoms with Gasteiger partial charge in [-0.1, -0.05) is 0 Å². The highest BCUT2D eigenvalue weighted by Gasteiger charge is 2.26. The Morgan fingerprint density at radius 3 is 2.30 bits per heavy atom. The van der Waals surface area contributed by atoms with Crippen LogP contribution in [0.5, 0.6) is 0 Å². The van der Waals surface area contributed by atoms with Crippen molar-refractivity contribution in [3.8, 4) is 0 Å². The summed E-state index contributed by atoms with van der Waals surface area (Å²) >= 11 is 0. The van der Waals surface area contributed by atoms with Gasteiger partial charge in [0.2, 0.25) is 0 Å². The van der Waals surface area contributed by atoms with Gasteiger partial charge in [-0.05, 0) is 6.42 Å². The van der Waals surface area contributed by atoms with Gasteiger partial charge in [0.15, 0.2) is 9.84 Å². The summed E-state index contributed by atoms with van der Waals surface area (Å²) in [5.74, 6) is 5.52. The summed E-state index contributed by atoms with van der Waals surface area (Å²) in [4.78, 5) is 0. The van der Waals surface area contributed by atoms with Crippen molar-refractivity contribution in [2.24, 2.45) is 5.84 Å². The minimum absolute atomic E-state index is 0. The first-order chi connectivity index (χ1) is 4.14. The van der Waals surface area contributed by atoms with E-state index in [9.17, 15) is 8.42 Å². The number of hydrogen-bond acceptors (Lipinski definition) is 4. The molecule has 0 aromatic heterocycles. The summed E-state index contributed by atoms with van der Waals surface area (Å²) in [5.41, 5.74) is 2.44. The molecule has 0 spiro atoms. The summed E-state index contributed by atoms with van der Waals surface area (Å²) in [7, 11) is -2.75. The van der Waals surface area contributed by atoms with E-state index in [0.29, 0.717) is 6.42 Å². The zero-order chi connectivity index (χ0) is 6.91. The Morgan fingerprint density at radius 1 is 1.50 bits per heavy atom. The van der Waals surface area contributed by atoms with Crippen molar-refractivity contribution >= 4 is 22.2 Å². The van der Waals surface area contributed by atoms with Crippen LogP contribution in [0.4, 0.5) is 0 Å². The SMILES string of the molecule is Cl.NNC1CCS(=O)(=O)C1. The molecular weight excluding hydrogens is 176 g/mol. The monoisotopic (exact) mass is 186 g/mol. The molecule has 0 aromatic carbocycles. The van der Waals surface area contributed by atoms with Crippen molar-refractivity contribution in [1.29, 1.82) is 0 Å². The van der Waals surface area contributed by atoms with Gasteiger partial charge in [-0.25, -0.2) is 8.42 Å². The van der Waals surface area contributed by atoms with Gasteiger partial charge in [-0.3, -0.25) is 11.3 Å². The first kappa shape index (κ1) is 10.2. The maximum Gasteiger partial charge on any atom is 0.151 e. The number of sulfone groups is 1. The molecule has 10 heavy (non-hydrogen) atoms. The van der Waals surface area contributed by atoms with Gasteiger partial charge in [0.1, 0.15) is 0 Å². The second kappa shape index (κ2) is 3.52. The molecule has 1 fully saturated rings. The normalized spacial score (nSPS) is 29.5. The van der Waals surface area contributed by atoms with Crippen molar-refractivity contribution in [3.05, 3.63) is 0 Å². The van der Waals surface area contributed by atoms with Crippen molar-refractivity contribution in [2.75, 3.05) is 11.5 Å².